The van der Waals surface area contributed by atoms with Crippen LogP contribution >= 0.6 is 0 Å². The van der Waals surface area contributed by atoms with Crippen molar-refractivity contribution in [2.75, 3.05) is 6.54 Å². The summed E-state index contributed by atoms with van der Waals surface area (Å²) >= 11 is 0. The SMILES string of the molecule is Cn1cc(C(C)(O)CNC(=O)c2ccn(-c3cccc(F)c3)n2)cn1. The van der Waals surface area contributed by atoms with E-state index in [1.165, 1.54) is 22.9 Å². The molecule has 3 rings (SSSR count). The molecule has 2 N–H and O–H groups in total. The van der Waals surface area contributed by atoms with Crippen molar-refractivity contribution in [3.05, 3.63) is 66.0 Å². The lowest BCUT2D eigenvalue weighted by Crippen LogP contribution is -2.38. The molecular weight excluding hydrogens is 325 g/mol. The first-order valence-electron chi connectivity index (χ1n) is 7.66. The lowest BCUT2D eigenvalue weighted by Gasteiger charge is -2.21. The average molecular weight is 343 g/mol. The molecule has 0 fully saturated rings. The van der Waals surface area contributed by atoms with Gasteiger partial charge in [0.2, 0.25) is 0 Å². The fraction of sp³-hybridized carbons (Fsp3) is 0.235. The maximum atomic E-state index is 13.3. The van der Waals surface area contributed by atoms with Crippen LogP contribution in [0.3, 0.4) is 0 Å². The van der Waals surface area contributed by atoms with Crippen LogP contribution in [0.2, 0.25) is 0 Å². The first-order valence-corrected chi connectivity index (χ1v) is 7.66. The topological polar surface area (TPSA) is 85.0 Å². The molecule has 1 amide bonds. The van der Waals surface area contributed by atoms with E-state index in [1.807, 2.05) is 0 Å². The number of aryl methyl sites for hydroxylation is 1. The number of aliphatic hydroxyl groups is 1. The van der Waals surface area contributed by atoms with Crippen molar-refractivity contribution in [3.63, 3.8) is 0 Å². The third kappa shape index (κ3) is 3.74. The van der Waals surface area contributed by atoms with Crippen LogP contribution < -0.4 is 5.32 Å². The van der Waals surface area contributed by atoms with Crippen LogP contribution in [0.4, 0.5) is 4.39 Å². The number of hydrogen-bond acceptors (Lipinski definition) is 4. The quantitative estimate of drug-likeness (QED) is 0.733. The smallest absolute Gasteiger partial charge is 0.271 e. The molecule has 0 spiro atoms. The Kier molecular flexibility index (Phi) is 4.37. The number of halogens is 1. The molecule has 0 saturated heterocycles. The second-order valence-corrected chi connectivity index (χ2v) is 5.98. The molecule has 25 heavy (non-hydrogen) atoms. The second-order valence-electron chi connectivity index (χ2n) is 5.98. The Morgan fingerprint density at radius 2 is 2.20 bits per heavy atom. The number of hydrogen-bond donors (Lipinski definition) is 2. The number of nitrogens with one attached hydrogen (secondary N) is 1. The molecule has 0 aliphatic heterocycles. The number of amides is 1. The minimum Gasteiger partial charge on any atom is -0.383 e. The third-order valence-corrected chi connectivity index (χ3v) is 3.81. The molecule has 1 aromatic carbocycles. The van der Waals surface area contributed by atoms with Gasteiger partial charge in [-0.1, -0.05) is 6.07 Å². The van der Waals surface area contributed by atoms with E-state index in [1.54, 1.807) is 49.4 Å². The van der Waals surface area contributed by atoms with Gasteiger partial charge in [-0.05, 0) is 31.2 Å². The zero-order chi connectivity index (χ0) is 18.0. The molecule has 7 nitrogen and oxygen atoms in total. The van der Waals surface area contributed by atoms with E-state index < -0.39 is 11.5 Å². The Morgan fingerprint density at radius 3 is 2.88 bits per heavy atom. The summed E-state index contributed by atoms with van der Waals surface area (Å²) in [7, 11) is 1.75. The Bertz CT molecular complexity index is 900. The van der Waals surface area contributed by atoms with Crippen LogP contribution in [0.5, 0.6) is 0 Å². The van der Waals surface area contributed by atoms with Gasteiger partial charge >= 0.3 is 0 Å². The molecule has 0 aliphatic carbocycles. The van der Waals surface area contributed by atoms with E-state index >= 15 is 0 Å². The van der Waals surface area contributed by atoms with Crippen LogP contribution in [0, 0.1) is 5.82 Å². The van der Waals surface area contributed by atoms with Gasteiger partial charge in [-0.15, -0.1) is 0 Å². The molecule has 3 aromatic rings. The van der Waals surface area contributed by atoms with Gasteiger partial charge in [-0.2, -0.15) is 10.2 Å². The summed E-state index contributed by atoms with van der Waals surface area (Å²) in [5.41, 5.74) is 0.0305. The maximum absolute atomic E-state index is 13.3. The van der Waals surface area contributed by atoms with Crippen LogP contribution in [0.1, 0.15) is 23.0 Å². The zero-order valence-electron chi connectivity index (χ0n) is 13.8. The Balaban J connectivity index is 1.68. The van der Waals surface area contributed by atoms with Gasteiger partial charge in [0.05, 0.1) is 18.4 Å². The summed E-state index contributed by atoms with van der Waals surface area (Å²) < 4.78 is 16.3. The van der Waals surface area contributed by atoms with Crippen molar-refractivity contribution in [2.45, 2.75) is 12.5 Å². The monoisotopic (exact) mass is 343 g/mol. The molecule has 8 heteroatoms. The molecule has 0 radical (unpaired) electrons. The number of carbonyl (C=O) groups is 1. The summed E-state index contributed by atoms with van der Waals surface area (Å²) in [6.07, 6.45) is 4.80. The lowest BCUT2D eigenvalue weighted by atomic mass is 10.00. The van der Waals surface area contributed by atoms with Crippen LogP contribution in [0.25, 0.3) is 5.69 Å². The summed E-state index contributed by atoms with van der Waals surface area (Å²) in [5.74, 6) is -0.814. The Morgan fingerprint density at radius 1 is 1.40 bits per heavy atom. The van der Waals surface area contributed by atoms with Crippen molar-refractivity contribution < 1.29 is 14.3 Å². The number of benzene rings is 1. The fourth-order valence-corrected chi connectivity index (χ4v) is 2.35. The highest BCUT2D eigenvalue weighted by molar-refractivity contribution is 5.92. The van der Waals surface area contributed by atoms with Crippen molar-refractivity contribution in [2.24, 2.45) is 7.05 Å². The second kappa shape index (κ2) is 6.48. The summed E-state index contributed by atoms with van der Waals surface area (Å²) in [4.78, 5) is 12.2. The van der Waals surface area contributed by atoms with Gasteiger partial charge < -0.3 is 10.4 Å². The van der Waals surface area contributed by atoms with Gasteiger partial charge in [0.1, 0.15) is 11.4 Å². The molecule has 2 heterocycles. The van der Waals surface area contributed by atoms with Gasteiger partial charge in [-0.3, -0.25) is 9.48 Å². The highest BCUT2D eigenvalue weighted by Crippen LogP contribution is 2.18. The highest BCUT2D eigenvalue weighted by Gasteiger charge is 2.26. The standard InChI is InChI=1S/C17H18FN5O2/c1-17(25,12-9-20-22(2)10-12)11-19-16(24)15-6-7-23(21-15)14-5-3-4-13(18)8-14/h3-10,25H,11H2,1-2H3,(H,19,24). The number of aromatic nitrogens is 4. The molecule has 0 bridgehead atoms. The molecule has 1 atom stereocenters. The van der Waals surface area contributed by atoms with Gasteiger partial charge in [-0.25, -0.2) is 9.07 Å². The Labute approximate surface area is 143 Å². The molecule has 2 aromatic heterocycles. The predicted octanol–water partition coefficient (Wildman–Crippen LogP) is 1.38. The molecule has 0 saturated carbocycles. The minimum absolute atomic E-state index is 0.00432. The molecule has 1 unspecified atom stereocenters. The molecular formula is C17H18FN5O2. The van der Waals surface area contributed by atoms with Crippen molar-refractivity contribution >= 4 is 5.91 Å². The zero-order valence-corrected chi connectivity index (χ0v) is 13.8. The predicted molar refractivity (Wildman–Crippen MR) is 88.6 cm³/mol. The first kappa shape index (κ1) is 16.8. The number of nitrogens with zero attached hydrogens (tertiary/aromatic N) is 4. The Hall–Kier alpha value is -3.00. The van der Waals surface area contributed by atoms with Crippen LogP contribution in [-0.2, 0) is 12.6 Å². The van der Waals surface area contributed by atoms with Crippen molar-refractivity contribution in [1.82, 2.24) is 24.9 Å². The molecule has 0 aliphatic rings. The molecule has 130 valence electrons. The van der Waals surface area contributed by atoms with E-state index in [0.717, 1.165) is 0 Å². The van der Waals surface area contributed by atoms with E-state index in [2.05, 4.69) is 15.5 Å². The normalized spacial score (nSPS) is 13.4. The van der Waals surface area contributed by atoms with Crippen LogP contribution in [0.15, 0.2) is 48.9 Å². The first-order chi connectivity index (χ1) is 11.8. The highest BCUT2D eigenvalue weighted by atomic mass is 19.1. The summed E-state index contributed by atoms with van der Waals surface area (Å²) in [6, 6.07) is 7.43. The third-order valence-electron chi connectivity index (χ3n) is 3.81. The maximum Gasteiger partial charge on any atom is 0.271 e. The van der Waals surface area contributed by atoms with Crippen LogP contribution in [-0.4, -0.2) is 37.1 Å². The summed E-state index contributed by atoms with van der Waals surface area (Å²) in [6.45, 7) is 1.60. The van der Waals surface area contributed by atoms with Crippen molar-refractivity contribution in [1.29, 1.82) is 0 Å². The largest absolute Gasteiger partial charge is 0.383 e. The number of rotatable bonds is 5. The lowest BCUT2D eigenvalue weighted by molar-refractivity contribution is 0.0524. The average Bonchev–Trinajstić information content (AvgIpc) is 3.22. The van der Waals surface area contributed by atoms with Gasteiger partial charge in [0.25, 0.3) is 5.91 Å². The van der Waals surface area contributed by atoms with E-state index in [9.17, 15) is 14.3 Å². The van der Waals surface area contributed by atoms with Gasteiger partial charge in [0.15, 0.2) is 5.69 Å². The van der Waals surface area contributed by atoms with E-state index in [0.29, 0.717) is 11.3 Å². The fourth-order valence-electron chi connectivity index (χ4n) is 2.35. The van der Waals surface area contributed by atoms with Gasteiger partial charge in [0, 0.05) is 25.0 Å². The minimum atomic E-state index is -1.25. The van der Waals surface area contributed by atoms with Crippen molar-refractivity contribution in [3.8, 4) is 5.69 Å². The summed E-state index contributed by atoms with van der Waals surface area (Å²) in [5, 5.41) is 21.3. The number of carbonyl (C=O) groups excluding carboxylic acids is 1. The van der Waals surface area contributed by atoms with E-state index in [-0.39, 0.29) is 18.1 Å². The van der Waals surface area contributed by atoms with E-state index in [4.69, 9.17) is 0 Å².